The van der Waals surface area contributed by atoms with Crippen molar-refractivity contribution in [2.75, 3.05) is 33.2 Å². The number of nitrogens with zero attached hydrogens (tertiary/aromatic N) is 2. The summed E-state index contributed by atoms with van der Waals surface area (Å²) >= 11 is 0. The van der Waals surface area contributed by atoms with Crippen LogP contribution in [0.3, 0.4) is 0 Å². The first kappa shape index (κ1) is 13.9. The summed E-state index contributed by atoms with van der Waals surface area (Å²) in [6.07, 6.45) is 1.22. The molecule has 3 heteroatoms. The van der Waals surface area contributed by atoms with Gasteiger partial charge in [0.05, 0.1) is 0 Å². The van der Waals surface area contributed by atoms with Crippen LogP contribution in [-0.2, 0) is 0 Å². The van der Waals surface area contributed by atoms with Crippen LogP contribution in [0.2, 0.25) is 0 Å². The van der Waals surface area contributed by atoms with E-state index in [9.17, 15) is 0 Å². The summed E-state index contributed by atoms with van der Waals surface area (Å²) in [5.41, 5.74) is 0. The van der Waals surface area contributed by atoms with Crippen LogP contribution in [0.4, 0.5) is 0 Å². The molecule has 3 atom stereocenters. The van der Waals surface area contributed by atoms with E-state index in [2.05, 4.69) is 49.9 Å². The third-order valence-electron chi connectivity index (χ3n) is 3.88. The molecule has 0 radical (unpaired) electrons. The van der Waals surface area contributed by atoms with Crippen molar-refractivity contribution in [3.63, 3.8) is 0 Å². The van der Waals surface area contributed by atoms with E-state index in [1.165, 1.54) is 19.5 Å². The Morgan fingerprint density at radius 3 is 2.31 bits per heavy atom. The van der Waals surface area contributed by atoms with E-state index in [0.29, 0.717) is 18.1 Å². The Bertz CT molecular complexity index is 184. The number of piperazine rings is 1. The lowest BCUT2D eigenvalue weighted by Gasteiger charge is -2.45. The molecule has 0 amide bonds. The van der Waals surface area contributed by atoms with Gasteiger partial charge in [0.2, 0.25) is 0 Å². The quantitative estimate of drug-likeness (QED) is 0.716. The summed E-state index contributed by atoms with van der Waals surface area (Å²) in [5.74, 6) is 0. The van der Waals surface area contributed by atoms with Crippen molar-refractivity contribution in [1.82, 2.24) is 15.1 Å². The molecule has 3 nitrogen and oxygen atoms in total. The highest BCUT2D eigenvalue weighted by molar-refractivity contribution is 4.85. The Morgan fingerprint density at radius 1 is 1.25 bits per heavy atom. The molecule has 1 rings (SSSR count). The highest BCUT2D eigenvalue weighted by Crippen LogP contribution is 2.15. The minimum absolute atomic E-state index is 0.658. The van der Waals surface area contributed by atoms with Gasteiger partial charge in [-0.1, -0.05) is 6.92 Å². The Morgan fingerprint density at radius 2 is 1.81 bits per heavy atom. The molecule has 1 aliphatic heterocycles. The first-order valence-electron chi connectivity index (χ1n) is 6.73. The van der Waals surface area contributed by atoms with Crippen molar-refractivity contribution in [3.05, 3.63) is 0 Å². The van der Waals surface area contributed by atoms with Crippen LogP contribution in [0.5, 0.6) is 0 Å². The molecule has 0 aliphatic carbocycles. The van der Waals surface area contributed by atoms with Crippen LogP contribution < -0.4 is 5.32 Å². The van der Waals surface area contributed by atoms with Crippen LogP contribution in [-0.4, -0.2) is 61.2 Å². The number of likely N-dealkylation sites (N-methyl/N-ethyl adjacent to an activating group) is 1. The first-order valence-corrected chi connectivity index (χ1v) is 6.73. The normalized spacial score (nSPS) is 30.6. The second kappa shape index (κ2) is 6.58. The molecule has 1 aliphatic rings. The molecular formula is C13H29N3. The lowest BCUT2D eigenvalue weighted by molar-refractivity contribution is 0.0382. The molecule has 1 N–H and O–H groups in total. The molecule has 1 saturated heterocycles. The zero-order valence-electron chi connectivity index (χ0n) is 11.7. The molecule has 1 heterocycles. The second-order valence-electron chi connectivity index (χ2n) is 5.37. The molecule has 0 aromatic carbocycles. The van der Waals surface area contributed by atoms with Gasteiger partial charge in [0.25, 0.3) is 0 Å². The van der Waals surface area contributed by atoms with Gasteiger partial charge in [-0.3, -0.25) is 9.80 Å². The van der Waals surface area contributed by atoms with E-state index < -0.39 is 0 Å². The Kier molecular flexibility index (Phi) is 5.73. The van der Waals surface area contributed by atoms with Gasteiger partial charge >= 0.3 is 0 Å². The maximum atomic E-state index is 3.52. The Hall–Kier alpha value is -0.120. The van der Waals surface area contributed by atoms with Crippen LogP contribution in [0.15, 0.2) is 0 Å². The molecule has 0 aromatic rings. The van der Waals surface area contributed by atoms with E-state index in [-0.39, 0.29) is 0 Å². The van der Waals surface area contributed by atoms with E-state index in [1.54, 1.807) is 0 Å². The summed E-state index contributed by atoms with van der Waals surface area (Å²) in [4.78, 5) is 5.11. The summed E-state index contributed by atoms with van der Waals surface area (Å²) in [5, 5.41) is 3.52. The zero-order valence-corrected chi connectivity index (χ0v) is 11.7. The minimum Gasteiger partial charge on any atom is -0.315 e. The number of hydrogen-bond acceptors (Lipinski definition) is 3. The molecule has 0 bridgehead atoms. The van der Waals surface area contributed by atoms with Crippen molar-refractivity contribution in [3.8, 4) is 0 Å². The maximum absolute atomic E-state index is 3.52. The van der Waals surface area contributed by atoms with Gasteiger partial charge < -0.3 is 5.32 Å². The lowest BCUT2D eigenvalue weighted by Crippen LogP contribution is -2.58. The van der Waals surface area contributed by atoms with E-state index >= 15 is 0 Å². The van der Waals surface area contributed by atoms with Gasteiger partial charge in [-0.05, 0) is 40.8 Å². The van der Waals surface area contributed by atoms with Crippen molar-refractivity contribution in [2.24, 2.45) is 0 Å². The van der Waals surface area contributed by atoms with Gasteiger partial charge in [0.15, 0.2) is 0 Å². The number of nitrogens with one attached hydrogen (secondary N) is 1. The van der Waals surface area contributed by atoms with Gasteiger partial charge in [-0.2, -0.15) is 0 Å². The van der Waals surface area contributed by atoms with E-state index in [1.807, 2.05) is 0 Å². The molecule has 96 valence electrons. The van der Waals surface area contributed by atoms with Gasteiger partial charge in [0.1, 0.15) is 0 Å². The van der Waals surface area contributed by atoms with Gasteiger partial charge in [0, 0.05) is 37.8 Å². The molecule has 0 saturated carbocycles. The standard InChI is InChI=1S/C13H29N3/c1-6-7-14-8-11(2)16-9-12(3)15(5)13(4)10-16/h11-14H,6-10H2,1-5H3. The summed E-state index contributed by atoms with van der Waals surface area (Å²) < 4.78 is 0. The molecule has 16 heavy (non-hydrogen) atoms. The van der Waals surface area contributed by atoms with Crippen LogP contribution in [0, 0.1) is 0 Å². The highest BCUT2D eigenvalue weighted by atomic mass is 15.3. The summed E-state index contributed by atoms with van der Waals surface area (Å²) in [6, 6.07) is 2.01. The predicted octanol–water partition coefficient (Wildman–Crippen LogP) is 1.40. The SMILES string of the molecule is CCCNCC(C)N1CC(C)N(C)C(C)C1. The topological polar surface area (TPSA) is 18.5 Å². The maximum Gasteiger partial charge on any atom is 0.0195 e. The van der Waals surface area contributed by atoms with Gasteiger partial charge in [-0.15, -0.1) is 0 Å². The molecule has 3 unspecified atom stereocenters. The van der Waals surface area contributed by atoms with Crippen molar-refractivity contribution in [2.45, 2.75) is 52.2 Å². The number of hydrogen-bond donors (Lipinski definition) is 1. The number of rotatable bonds is 5. The fraction of sp³-hybridized carbons (Fsp3) is 1.00. The average Bonchev–Trinajstić information content (AvgIpc) is 2.25. The Balaban J connectivity index is 2.36. The minimum atomic E-state index is 0.658. The molecule has 0 spiro atoms. The smallest absolute Gasteiger partial charge is 0.0195 e. The van der Waals surface area contributed by atoms with Crippen molar-refractivity contribution in [1.29, 1.82) is 0 Å². The molecule has 0 aromatic heterocycles. The lowest BCUT2D eigenvalue weighted by atomic mass is 10.1. The van der Waals surface area contributed by atoms with Crippen molar-refractivity contribution < 1.29 is 0 Å². The molecular weight excluding hydrogens is 198 g/mol. The van der Waals surface area contributed by atoms with Crippen LogP contribution >= 0.6 is 0 Å². The Labute approximate surface area is 101 Å². The van der Waals surface area contributed by atoms with Crippen molar-refractivity contribution >= 4 is 0 Å². The fourth-order valence-electron chi connectivity index (χ4n) is 2.42. The largest absolute Gasteiger partial charge is 0.315 e. The summed E-state index contributed by atoms with van der Waals surface area (Å²) in [6.45, 7) is 13.9. The van der Waals surface area contributed by atoms with E-state index in [4.69, 9.17) is 0 Å². The average molecular weight is 227 g/mol. The second-order valence-corrected chi connectivity index (χ2v) is 5.37. The third kappa shape index (κ3) is 3.72. The van der Waals surface area contributed by atoms with Crippen LogP contribution in [0.1, 0.15) is 34.1 Å². The van der Waals surface area contributed by atoms with Crippen LogP contribution in [0.25, 0.3) is 0 Å². The predicted molar refractivity (Wildman–Crippen MR) is 70.9 cm³/mol. The monoisotopic (exact) mass is 227 g/mol. The zero-order chi connectivity index (χ0) is 12.1. The summed E-state index contributed by atoms with van der Waals surface area (Å²) in [7, 11) is 2.24. The first-order chi connectivity index (χ1) is 7.56. The van der Waals surface area contributed by atoms with E-state index in [0.717, 1.165) is 13.1 Å². The highest BCUT2D eigenvalue weighted by Gasteiger charge is 2.28. The van der Waals surface area contributed by atoms with Gasteiger partial charge in [-0.25, -0.2) is 0 Å². The fourth-order valence-corrected chi connectivity index (χ4v) is 2.42. The molecule has 1 fully saturated rings. The third-order valence-corrected chi connectivity index (χ3v) is 3.88.